The van der Waals surface area contributed by atoms with Crippen molar-refractivity contribution in [2.24, 2.45) is 0 Å². The first-order valence-electron chi connectivity index (χ1n) is 38.8. The predicted molar refractivity (Wildman–Crippen MR) is 471 cm³/mol. The highest BCUT2D eigenvalue weighted by Crippen LogP contribution is 2.62. The Morgan fingerprint density at radius 3 is 0.982 bits per heavy atom. The van der Waals surface area contributed by atoms with Gasteiger partial charge in [0.25, 0.3) is 0 Å². The number of fused-ring (bicyclic) bond motifs is 10. The molecule has 0 amide bonds. The smallest absolute Gasteiger partial charge is 0.135 e. The highest BCUT2D eigenvalue weighted by molar-refractivity contribution is 6.06. The van der Waals surface area contributed by atoms with Crippen LogP contribution in [-0.4, -0.2) is 0 Å². The highest BCUT2D eigenvalue weighted by atomic mass is 16.3. The fourth-order valence-corrected chi connectivity index (χ4v) is 18.0. The highest BCUT2D eigenvalue weighted by Gasteiger charge is 2.50. The topological polar surface area (TPSA) is 26.1 Å². The second-order valence-electron chi connectivity index (χ2n) is 29.0. The molecular weight excluding hydrogens is 1370 g/mol. The van der Waals surface area contributed by atoms with Gasteiger partial charge in [0.15, 0.2) is 0 Å². The van der Waals surface area contributed by atoms with Crippen LogP contribution in [0.4, 0.5) is 68.2 Å². The van der Waals surface area contributed by atoms with Crippen LogP contribution in [0.15, 0.2) is 465 Å². The van der Waals surface area contributed by atoms with Crippen LogP contribution in [0.5, 0.6) is 0 Å². The third kappa shape index (κ3) is 11.7. The van der Waals surface area contributed by atoms with E-state index in [0.29, 0.717) is 0 Å². The fraction of sp³-hybridized carbons (Fsp3) is 0.0185. The van der Waals surface area contributed by atoms with E-state index in [1.165, 1.54) is 77.5 Å². The van der Waals surface area contributed by atoms with E-state index in [1.807, 2.05) is 6.07 Å². The van der Waals surface area contributed by atoms with Crippen molar-refractivity contribution in [2.45, 2.75) is 10.8 Å². The van der Waals surface area contributed by atoms with E-state index < -0.39 is 10.8 Å². The Hall–Kier alpha value is -14.8. The molecule has 21 rings (SSSR count). The van der Waals surface area contributed by atoms with Crippen molar-refractivity contribution in [3.63, 3.8) is 0 Å². The summed E-state index contributed by atoms with van der Waals surface area (Å²) in [4.78, 5) is 9.57. The van der Waals surface area contributed by atoms with Crippen molar-refractivity contribution in [3.8, 4) is 22.3 Å². The monoisotopic (exact) mass is 1440 g/mol. The van der Waals surface area contributed by atoms with Crippen molar-refractivity contribution in [1.82, 2.24) is 0 Å². The molecule has 1 aromatic heterocycles. The van der Waals surface area contributed by atoms with E-state index in [2.05, 4.69) is 475 Å². The Balaban J connectivity index is 0.000000147. The first kappa shape index (κ1) is 67.6. The van der Waals surface area contributed by atoms with Gasteiger partial charge in [0, 0.05) is 73.3 Å². The average molecular weight is 1450 g/mol. The van der Waals surface area contributed by atoms with Crippen molar-refractivity contribution >= 4 is 101 Å². The number of para-hydroxylation sites is 9. The molecule has 113 heavy (non-hydrogen) atoms. The molecule has 1 unspecified atom stereocenters. The van der Waals surface area contributed by atoms with E-state index >= 15 is 0 Å². The maximum atomic E-state index is 6.43. The van der Waals surface area contributed by atoms with E-state index in [0.717, 1.165) is 90.2 Å². The summed E-state index contributed by atoms with van der Waals surface area (Å²) in [6.45, 7) is 0. The molecule has 0 bridgehead atoms. The van der Waals surface area contributed by atoms with Gasteiger partial charge in [-0.25, -0.2) is 0 Å². The second kappa shape index (κ2) is 29.0. The van der Waals surface area contributed by atoms with Gasteiger partial charge in [-0.15, -0.1) is 0 Å². The molecule has 0 aliphatic heterocycles. The summed E-state index contributed by atoms with van der Waals surface area (Å²) < 4.78 is 6.43. The van der Waals surface area contributed by atoms with Gasteiger partial charge in [0.05, 0.1) is 16.5 Å². The molecule has 5 heteroatoms. The molecule has 0 fully saturated rings. The Morgan fingerprint density at radius 2 is 0.522 bits per heavy atom. The largest absolute Gasteiger partial charge is 0.456 e. The maximum Gasteiger partial charge on any atom is 0.135 e. The van der Waals surface area contributed by atoms with Gasteiger partial charge in [-0.2, -0.15) is 0 Å². The predicted octanol–water partition coefficient (Wildman–Crippen LogP) is 29.0. The number of nitrogens with zero attached hydrogens (tertiary/aromatic N) is 4. The summed E-state index contributed by atoms with van der Waals surface area (Å²) in [5.74, 6) is 0. The molecule has 0 radical (unpaired) electrons. The van der Waals surface area contributed by atoms with Crippen LogP contribution < -0.4 is 19.6 Å². The summed E-state index contributed by atoms with van der Waals surface area (Å²) >= 11 is 0. The van der Waals surface area contributed by atoms with Crippen LogP contribution in [0, 0.1) is 0 Å². The summed E-state index contributed by atoms with van der Waals surface area (Å²) in [5.41, 5.74) is 28.3. The minimum absolute atomic E-state index is 0.642. The lowest BCUT2D eigenvalue weighted by Crippen LogP contribution is -2.31. The molecule has 2 aliphatic carbocycles. The van der Waals surface area contributed by atoms with Crippen molar-refractivity contribution in [2.75, 3.05) is 19.6 Å². The fourth-order valence-electron chi connectivity index (χ4n) is 18.0. The summed E-state index contributed by atoms with van der Waals surface area (Å²) in [7, 11) is 0. The quantitative estimate of drug-likeness (QED) is 0.0961. The van der Waals surface area contributed by atoms with Gasteiger partial charge < -0.3 is 24.0 Å². The zero-order chi connectivity index (χ0) is 75.1. The van der Waals surface area contributed by atoms with E-state index in [4.69, 9.17) is 4.42 Å². The molecule has 1 atom stereocenters. The standard InChI is InChI=1S/C55H38N2O.C53H38N2/c1-5-19-41(20-6-1)56(42-21-7-2-8-22-42)45-35-40(36-46(38-45)57(43-23-9-3-10-24-43)44-25-11-4-12-26-44)55(51-30-16-13-27-47(51)48-28-14-17-31-52(48)55)39-33-34-54-50(37-39)49-29-15-18-32-53(49)58-54;1-6-22-41(23-7-1)53(49-33-19-18-32-47(49)48-36-39-20-16-17-21-40(39)37-51(48)53)50-35-34-46(54(42-24-8-2-9-25-42)43-26-10-3-11-27-43)38-52(50)55(44-28-12-4-13-29-44)45-30-14-5-15-31-45/h1-38H;1-38H. The molecule has 2 aliphatic rings. The minimum atomic E-state index is -0.692. The van der Waals surface area contributed by atoms with Crippen LogP contribution in [0.1, 0.15) is 44.5 Å². The van der Waals surface area contributed by atoms with Crippen molar-refractivity contribution in [3.05, 3.63) is 506 Å². The minimum Gasteiger partial charge on any atom is -0.456 e. The zero-order valence-corrected chi connectivity index (χ0v) is 62.1. The lowest BCUT2D eigenvalue weighted by Gasteiger charge is -2.39. The SMILES string of the molecule is c1ccc(N(c2ccccc2)c2cc(N(c3ccccc3)c3ccccc3)cc(C3(c4ccc5oc6ccccc6c5c4)c4ccccc4-c4ccccc43)c2)cc1.c1ccc(N(c2ccccc2)c2ccc(C3(c4ccccc4)c4ccccc4-c4cc5ccccc5cc43)c(N(c3ccccc3)c3ccccc3)c2)cc1. The third-order valence-electron chi connectivity index (χ3n) is 22.7. The van der Waals surface area contributed by atoms with Gasteiger partial charge in [0.1, 0.15) is 11.2 Å². The Kier molecular flexibility index (Phi) is 17.3. The first-order chi connectivity index (χ1) is 56.1. The lowest BCUT2D eigenvalue weighted by atomic mass is 9.66. The third-order valence-corrected chi connectivity index (χ3v) is 22.7. The van der Waals surface area contributed by atoms with Gasteiger partial charge >= 0.3 is 0 Å². The number of furan rings is 1. The molecule has 0 saturated heterocycles. The summed E-state index contributed by atoms with van der Waals surface area (Å²) in [6.07, 6.45) is 0. The van der Waals surface area contributed by atoms with Crippen molar-refractivity contribution in [1.29, 1.82) is 0 Å². The molecule has 18 aromatic carbocycles. The van der Waals surface area contributed by atoms with Crippen LogP contribution in [0.3, 0.4) is 0 Å². The van der Waals surface area contributed by atoms with Crippen LogP contribution in [0.25, 0.3) is 55.0 Å². The molecule has 0 spiro atoms. The van der Waals surface area contributed by atoms with Gasteiger partial charge in [-0.1, -0.05) is 303 Å². The Bertz CT molecular complexity index is 6320. The number of rotatable bonds is 16. The van der Waals surface area contributed by atoms with Crippen LogP contribution in [-0.2, 0) is 10.8 Å². The van der Waals surface area contributed by atoms with Crippen LogP contribution >= 0.6 is 0 Å². The maximum absolute atomic E-state index is 6.43. The van der Waals surface area contributed by atoms with E-state index in [-0.39, 0.29) is 0 Å². The lowest BCUT2D eigenvalue weighted by molar-refractivity contribution is 0.668. The number of benzene rings is 18. The van der Waals surface area contributed by atoms with Crippen LogP contribution in [0.2, 0.25) is 0 Å². The molecular formula is C108H76N4O. The summed E-state index contributed by atoms with van der Waals surface area (Å²) in [6, 6.07) is 167. The van der Waals surface area contributed by atoms with Gasteiger partial charge in [-0.3, -0.25) is 0 Å². The second-order valence-corrected chi connectivity index (χ2v) is 29.0. The number of anilines is 12. The van der Waals surface area contributed by atoms with Crippen molar-refractivity contribution < 1.29 is 4.42 Å². The summed E-state index contributed by atoms with van der Waals surface area (Å²) in [5, 5.41) is 4.69. The normalized spacial score (nSPS) is 13.4. The average Bonchev–Trinajstić information content (AvgIpc) is 1.52. The Morgan fingerprint density at radius 1 is 0.168 bits per heavy atom. The molecule has 19 aromatic rings. The number of hydrogen-bond acceptors (Lipinski definition) is 5. The molecule has 1 heterocycles. The first-order valence-corrected chi connectivity index (χ1v) is 38.8. The molecule has 534 valence electrons. The molecule has 0 N–H and O–H groups in total. The van der Waals surface area contributed by atoms with Gasteiger partial charge in [-0.05, 0) is 235 Å². The van der Waals surface area contributed by atoms with E-state index in [9.17, 15) is 0 Å². The molecule has 0 saturated carbocycles. The number of hydrogen-bond donors (Lipinski definition) is 0. The van der Waals surface area contributed by atoms with E-state index in [1.54, 1.807) is 0 Å². The zero-order valence-electron chi connectivity index (χ0n) is 62.1. The Labute approximate surface area is 659 Å². The molecule has 5 nitrogen and oxygen atoms in total. The van der Waals surface area contributed by atoms with Gasteiger partial charge in [0.2, 0.25) is 0 Å².